The van der Waals surface area contributed by atoms with Crippen molar-refractivity contribution in [1.82, 2.24) is 9.80 Å². The first kappa shape index (κ1) is 18.4. The van der Waals surface area contributed by atoms with Crippen molar-refractivity contribution >= 4 is 5.97 Å². The summed E-state index contributed by atoms with van der Waals surface area (Å²) in [6.07, 6.45) is 2.50. The first-order chi connectivity index (χ1) is 12.1. The molecule has 2 heterocycles. The van der Waals surface area contributed by atoms with Gasteiger partial charge < -0.3 is 9.47 Å². The topological polar surface area (TPSA) is 42.0 Å². The molecule has 25 heavy (non-hydrogen) atoms. The van der Waals surface area contributed by atoms with Crippen molar-refractivity contribution in [1.29, 1.82) is 0 Å². The number of carbonyl (C=O) groups is 1. The molecule has 0 bridgehead atoms. The van der Waals surface area contributed by atoms with Gasteiger partial charge >= 0.3 is 5.97 Å². The van der Waals surface area contributed by atoms with Crippen LogP contribution in [-0.2, 0) is 14.3 Å². The van der Waals surface area contributed by atoms with Crippen molar-refractivity contribution in [3.8, 4) is 0 Å². The molecule has 2 aliphatic heterocycles. The molecule has 2 fully saturated rings. The van der Waals surface area contributed by atoms with E-state index in [1.165, 1.54) is 7.11 Å². The van der Waals surface area contributed by atoms with Gasteiger partial charge in [0.15, 0.2) is 0 Å². The van der Waals surface area contributed by atoms with Crippen molar-refractivity contribution in [3.63, 3.8) is 0 Å². The molecular formula is C20H30N2O3. The monoisotopic (exact) mass is 346 g/mol. The van der Waals surface area contributed by atoms with E-state index in [-0.39, 0.29) is 12.0 Å². The fourth-order valence-corrected chi connectivity index (χ4v) is 4.16. The van der Waals surface area contributed by atoms with Crippen molar-refractivity contribution < 1.29 is 14.3 Å². The Hall–Kier alpha value is -1.43. The largest absolute Gasteiger partial charge is 0.468 e. The Morgan fingerprint density at radius 3 is 2.60 bits per heavy atom. The molecule has 3 rings (SSSR count). The Morgan fingerprint density at radius 1 is 1.24 bits per heavy atom. The summed E-state index contributed by atoms with van der Waals surface area (Å²) in [5.74, 6) is -0.159. The molecule has 0 aromatic heterocycles. The van der Waals surface area contributed by atoms with Gasteiger partial charge in [-0.05, 0) is 37.8 Å². The highest BCUT2D eigenvalue weighted by Gasteiger charge is 2.34. The van der Waals surface area contributed by atoms with E-state index in [9.17, 15) is 4.79 Å². The highest BCUT2D eigenvalue weighted by molar-refractivity contribution is 5.78. The molecule has 0 spiro atoms. The van der Waals surface area contributed by atoms with Crippen LogP contribution in [0.25, 0.3) is 0 Å². The summed E-state index contributed by atoms with van der Waals surface area (Å²) in [5.41, 5.74) is 2.20. The first-order valence-corrected chi connectivity index (χ1v) is 9.33. The van der Waals surface area contributed by atoms with E-state index >= 15 is 0 Å². The molecule has 0 amide bonds. The number of piperidine rings is 1. The maximum atomic E-state index is 12.5. The summed E-state index contributed by atoms with van der Waals surface area (Å²) < 4.78 is 10.8. The van der Waals surface area contributed by atoms with Gasteiger partial charge in [0.2, 0.25) is 0 Å². The quantitative estimate of drug-likeness (QED) is 0.783. The predicted molar refractivity (Wildman–Crippen MR) is 97.5 cm³/mol. The molecule has 2 aliphatic rings. The lowest BCUT2D eigenvalue weighted by Gasteiger charge is -2.43. The smallest absolute Gasteiger partial charge is 0.327 e. The van der Waals surface area contributed by atoms with Crippen molar-refractivity contribution in [2.45, 2.75) is 44.9 Å². The van der Waals surface area contributed by atoms with Gasteiger partial charge in [0.05, 0.1) is 19.8 Å². The van der Waals surface area contributed by atoms with Gasteiger partial charge in [0.25, 0.3) is 0 Å². The first-order valence-electron chi connectivity index (χ1n) is 9.33. The fraction of sp³-hybridized carbons (Fsp3) is 0.650. The van der Waals surface area contributed by atoms with Crippen LogP contribution in [0, 0.1) is 6.92 Å². The van der Waals surface area contributed by atoms with Gasteiger partial charge in [0, 0.05) is 32.2 Å². The summed E-state index contributed by atoms with van der Waals surface area (Å²) in [7, 11) is 1.48. The van der Waals surface area contributed by atoms with Gasteiger partial charge in [-0.1, -0.05) is 24.3 Å². The van der Waals surface area contributed by atoms with Crippen molar-refractivity contribution in [2.24, 2.45) is 0 Å². The van der Waals surface area contributed by atoms with E-state index in [2.05, 4.69) is 29.7 Å². The number of ether oxygens (including phenoxy) is 2. The molecule has 1 aromatic carbocycles. The van der Waals surface area contributed by atoms with E-state index in [0.717, 1.165) is 56.8 Å². The van der Waals surface area contributed by atoms with Crippen molar-refractivity contribution in [3.05, 3.63) is 35.4 Å². The number of likely N-dealkylation sites (tertiary alicyclic amines) is 1. The number of carbonyl (C=O) groups excluding carboxylic acids is 1. The SMILES string of the molecule is COC(=O)[C@H](c1ccccc1C)N1CCC(N2CCO[C@H](C)C2)CC1. The normalized spacial score (nSPS) is 24.8. The molecular weight excluding hydrogens is 316 g/mol. The van der Waals surface area contributed by atoms with E-state index in [0.29, 0.717) is 12.1 Å². The van der Waals surface area contributed by atoms with Crippen LogP contribution in [-0.4, -0.2) is 67.8 Å². The molecule has 0 saturated carbocycles. The minimum atomic E-state index is -0.296. The molecule has 0 aliphatic carbocycles. The summed E-state index contributed by atoms with van der Waals surface area (Å²) in [5, 5.41) is 0. The molecule has 0 radical (unpaired) electrons. The Labute approximate surface area is 150 Å². The zero-order valence-corrected chi connectivity index (χ0v) is 15.6. The minimum Gasteiger partial charge on any atom is -0.468 e. The second-order valence-electron chi connectivity index (χ2n) is 7.23. The van der Waals surface area contributed by atoms with Gasteiger partial charge in [-0.3, -0.25) is 9.80 Å². The summed E-state index contributed by atoms with van der Waals surface area (Å²) >= 11 is 0. The molecule has 0 N–H and O–H groups in total. The van der Waals surface area contributed by atoms with E-state index in [1.807, 2.05) is 18.2 Å². The van der Waals surface area contributed by atoms with E-state index in [1.54, 1.807) is 0 Å². The number of aryl methyl sites for hydroxylation is 1. The van der Waals surface area contributed by atoms with Gasteiger partial charge in [0.1, 0.15) is 6.04 Å². The number of rotatable bonds is 4. The van der Waals surface area contributed by atoms with E-state index in [4.69, 9.17) is 9.47 Å². The molecule has 5 nitrogen and oxygen atoms in total. The van der Waals surface area contributed by atoms with Crippen LogP contribution in [0.4, 0.5) is 0 Å². The van der Waals surface area contributed by atoms with E-state index < -0.39 is 0 Å². The third-order valence-corrected chi connectivity index (χ3v) is 5.56. The third-order valence-electron chi connectivity index (χ3n) is 5.56. The zero-order chi connectivity index (χ0) is 17.8. The van der Waals surface area contributed by atoms with Crippen LogP contribution in [0.15, 0.2) is 24.3 Å². The highest BCUT2D eigenvalue weighted by atomic mass is 16.5. The van der Waals surface area contributed by atoms with Crippen LogP contribution in [0.5, 0.6) is 0 Å². The predicted octanol–water partition coefficient (Wildman–Crippen LogP) is 2.39. The summed E-state index contributed by atoms with van der Waals surface area (Å²) in [4.78, 5) is 17.3. The molecule has 5 heteroatoms. The number of nitrogens with zero attached hydrogens (tertiary/aromatic N) is 2. The number of methoxy groups -OCH3 is 1. The number of hydrogen-bond acceptors (Lipinski definition) is 5. The maximum absolute atomic E-state index is 12.5. The molecule has 1 aromatic rings. The minimum absolute atomic E-state index is 0.159. The second-order valence-corrected chi connectivity index (χ2v) is 7.23. The average molecular weight is 346 g/mol. The lowest BCUT2D eigenvalue weighted by atomic mass is 9.95. The maximum Gasteiger partial charge on any atom is 0.327 e. The lowest BCUT2D eigenvalue weighted by Crippen LogP contribution is -2.52. The number of benzene rings is 1. The van der Waals surface area contributed by atoms with Crippen LogP contribution in [0.1, 0.15) is 36.9 Å². The molecule has 2 saturated heterocycles. The van der Waals surface area contributed by atoms with Crippen LogP contribution in [0.3, 0.4) is 0 Å². The fourth-order valence-electron chi connectivity index (χ4n) is 4.16. The van der Waals surface area contributed by atoms with Crippen LogP contribution in [0.2, 0.25) is 0 Å². The van der Waals surface area contributed by atoms with Crippen molar-refractivity contribution in [2.75, 3.05) is 39.9 Å². The second kappa shape index (κ2) is 8.30. The highest BCUT2D eigenvalue weighted by Crippen LogP contribution is 2.29. The number of esters is 1. The van der Waals surface area contributed by atoms with Gasteiger partial charge in [-0.2, -0.15) is 0 Å². The summed E-state index contributed by atoms with van der Waals surface area (Å²) in [6, 6.07) is 8.42. The Morgan fingerprint density at radius 2 is 1.96 bits per heavy atom. The third kappa shape index (κ3) is 4.22. The Balaban J connectivity index is 1.68. The Bertz CT molecular complexity index is 584. The zero-order valence-electron chi connectivity index (χ0n) is 15.6. The van der Waals surface area contributed by atoms with Crippen LogP contribution < -0.4 is 0 Å². The average Bonchev–Trinajstić information content (AvgIpc) is 2.64. The Kier molecular flexibility index (Phi) is 6.10. The van der Waals surface area contributed by atoms with Gasteiger partial charge in [-0.25, -0.2) is 4.79 Å². The number of hydrogen-bond donors (Lipinski definition) is 0. The van der Waals surface area contributed by atoms with Crippen LogP contribution >= 0.6 is 0 Å². The molecule has 138 valence electrons. The molecule has 0 unspecified atom stereocenters. The van der Waals surface area contributed by atoms with Gasteiger partial charge in [-0.15, -0.1) is 0 Å². The standard InChI is InChI=1S/C20H30N2O3/c1-15-6-4-5-7-18(15)19(20(23)24-3)21-10-8-17(9-11-21)22-12-13-25-16(2)14-22/h4-7,16-17,19H,8-14H2,1-3H3/t16-,19+/m1/s1. The summed E-state index contributed by atoms with van der Waals surface area (Å²) in [6.45, 7) is 8.92. The lowest BCUT2D eigenvalue weighted by molar-refractivity contribution is -0.148. The molecule has 2 atom stereocenters. The number of morpholine rings is 1.